The Balaban J connectivity index is 2.64. The van der Waals surface area contributed by atoms with Gasteiger partial charge in [0.25, 0.3) is 5.89 Å². The van der Waals surface area contributed by atoms with Crippen LogP contribution in [0, 0.1) is 11.6 Å². The molecule has 1 aromatic carbocycles. The molecule has 1 heterocycles. The standard InChI is InChI=1S/C8H3BrF2N2O/c9-4-1-5(10)7(6(11)2-4)8-13-12-3-14-8/h1-3H. The number of nitrogens with zero attached hydrogens (tertiary/aromatic N) is 2. The van der Waals surface area contributed by atoms with Gasteiger partial charge in [-0.2, -0.15) is 0 Å². The molecule has 1 aromatic heterocycles. The van der Waals surface area contributed by atoms with Gasteiger partial charge >= 0.3 is 0 Å². The van der Waals surface area contributed by atoms with E-state index >= 15 is 0 Å². The van der Waals surface area contributed by atoms with E-state index in [0.717, 1.165) is 18.5 Å². The van der Waals surface area contributed by atoms with Crippen LogP contribution in [0.5, 0.6) is 0 Å². The molecule has 0 saturated heterocycles. The third kappa shape index (κ3) is 1.52. The number of benzene rings is 1. The second kappa shape index (κ2) is 3.45. The zero-order valence-electron chi connectivity index (χ0n) is 6.67. The maximum absolute atomic E-state index is 13.3. The predicted octanol–water partition coefficient (Wildman–Crippen LogP) is 2.78. The van der Waals surface area contributed by atoms with Gasteiger partial charge in [0.2, 0.25) is 6.39 Å². The van der Waals surface area contributed by atoms with Crippen LogP contribution in [0.4, 0.5) is 8.78 Å². The summed E-state index contributed by atoms with van der Waals surface area (Å²) in [5, 5.41) is 6.77. The number of hydrogen-bond donors (Lipinski definition) is 0. The summed E-state index contributed by atoms with van der Waals surface area (Å²) < 4.78 is 31.6. The van der Waals surface area contributed by atoms with E-state index in [0.29, 0.717) is 4.47 Å². The fraction of sp³-hybridized carbons (Fsp3) is 0. The minimum absolute atomic E-state index is 0.174. The molecule has 0 aliphatic carbocycles. The van der Waals surface area contributed by atoms with Crippen LogP contribution in [0.1, 0.15) is 0 Å². The summed E-state index contributed by atoms with van der Waals surface area (Å²) in [7, 11) is 0. The van der Waals surface area contributed by atoms with Crippen LogP contribution in [-0.4, -0.2) is 10.2 Å². The Kier molecular flexibility index (Phi) is 2.28. The van der Waals surface area contributed by atoms with E-state index in [-0.39, 0.29) is 11.5 Å². The third-order valence-electron chi connectivity index (χ3n) is 1.58. The molecule has 0 aliphatic heterocycles. The van der Waals surface area contributed by atoms with E-state index in [2.05, 4.69) is 26.1 Å². The van der Waals surface area contributed by atoms with Crippen molar-refractivity contribution in [2.24, 2.45) is 0 Å². The van der Waals surface area contributed by atoms with Crippen molar-refractivity contribution < 1.29 is 13.2 Å². The quantitative estimate of drug-likeness (QED) is 0.792. The van der Waals surface area contributed by atoms with Gasteiger partial charge in [-0.25, -0.2) is 8.78 Å². The number of hydrogen-bond acceptors (Lipinski definition) is 3. The Labute approximate surface area is 85.9 Å². The highest BCUT2D eigenvalue weighted by Gasteiger charge is 2.16. The lowest BCUT2D eigenvalue weighted by Crippen LogP contribution is -1.90. The van der Waals surface area contributed by atoms with E-state index < -0.39 is 11.6 Å². The van der Waals surface area contributed by atoms with Crippen molar-refractivity contribution in [2.45, 2.75) is 0 Å². The van der Waals surface area contributed by atoms with Gasteiger partial charge in [0.05, 0.1) is 0 Å². The zero-order chi connectivity index (χ0) is 10.1. The first kappa shape index (κ1) is 9.26. The largest absolute Gasteiger partial charge is 0.423 e. The molecule has 0 N–H and O–H groups in total. The van der Waals surface area contributed by atoms with Crippen molar-refractivity contribution in [3.05, 3.63) is 34.6 Å². The van der Waals surface area contributed by atoms with Gasteiger partial charge in [-0.3, -0.25) is 0 Å². The lowest BCUT2D eigenvalue weighted by Gasteiger charge is -2.00. The van der Waals surface area contributed by atoms with Gasteiger partial charge < -0.3 is 4.42 Å². The minimum Gasteiger partial charge on any atom is -0.423 e. The van der Waals surface area contributed by atoms with Gasteiger partial charge in [-0.1, -0.05) is 15.9 Å². The smallest absolute Gasteiger partial charge is 0.253 e. The Morgan fingerprint density at radius 2 is 1.86 bits per heavy atom. The molecule has 0 bridgehead atoms. The molecule has 0 fully saturated rings. The van der Waals surface area contributed by atoms with E-state index in [1.807, 2.05) is 0 Å². The SMILES string of the molecule is Fc1cc(Br)cc(F)c1-c1nnco1. The molecule has 0 spiro atoms. The minimum atomic E-state index is -0.749. The summed E-state index contributed by atoms with van der Waals surface area (Å²) in [5.41, 5.74) is -0.314. The monoisotopic (exact) mass is 260 g/mol. The van der Waals surface area contributed by atoms with Crippen LogP contribution in [0.3, 0.4) is 0 Å². The van der Waals surface area contributed by atoms with Crippen molar-refractivity contribution in [3.63, 3.8) is 0 Å². The van der Waals surface area contributed by atoms with E-state index in [1.54, 1.807) is 0 Å². The summed E-state index contributed by atoms with van der Waals surface area (Å²) in [4.78, 5) is 0. The van der Waals surface area contributed by atoms with Crippen LogP contribution in [-0.2, 0) is 0 Å². The molecule has 0 aliphatic rings. The molecule has 0 amide bonds. The normalized spacial score (nSPS) is 10.5. The van der Waals surface area contributed by atoms with Gasteiger partial charge in [0, 0.05) is 4.47 Å². The van der Waals surface area contributed by atoms with Gasteiger partial charge in [0.15, 0.2) is 0 Å². The van der Waals surface area contributed by atoms with Crippen molar-refractivity contribution in [1.82, 2.24) is 10.2 Å². The molecular weight excluding hydrogens is 258 g/mol. The van der Waals surface area contributed by atoms with Crippen LogP contribution >= 0.6 is 15.9 Å². The number of aromatic nitrogens is 2. The van der Waals surface area contributed by atoms with Crippen molar-refractivity contribution >= 4 is 15.9 Å². The lowest BCUT2D eigenvalue weighted by atomic mass is 10.2. The highest BCUT2D eigenvalue weighted by molar-refractivity contribution is 9.10. The predicted molar refractivity (Wildman–Crippen MR) is 47.4 cm³/mol. The van der Waals surface area contributed by atoms with Crippen LogP contribution < -0.4 is 0 Å². The molecule has 0 radical (unpaired) electrons. The average molecular weight is 261 g/mol. The first-order chi connectivity index (χ1) is 6.68. The molecular formula is C8H3BrF2N2O. The highest BCUT2D eigenvalue weighted by atomic mass is 79.9. The fourth-order valence-corrected chi connectivity index (χ4v) is 1.43. The van der Waals surface area contributed by atoms with E-state index in [4.69, 9.17) is 4.42 Å². The van der Waals surface area contributed by atoms with E-state index in [1.165, 1.54) is 0 Å². The highest BCUT2D eigenvalue weighted by Crippen LogP contribution is 2.27. The Bertz CT molecular complexity index is 435. The number of rotatable bonds is 1. The Morgan fingerprint density at radius 1 is 1.21 bits per heavy atom. The molecule has 14 heavy (non-hydrogen) atoms. The summed E-state index contributed by atoms with van der Waals surface area (Å²) in [5.74, 6) is -1.67. The molecule has 3 nitrogen and oxygen atoms in total. The maximum atomic E-state index is 13.3. The molecule has 0 atom stereocenters. The van der Waals surface area contributed by atoms with Crippen molar-refractivity contribution in [1.29, 1.82) is 0 Å². The molecule has 2 rings (SSSR count). The summed E-state index contributed by atoms with van der Waals surface area (Å²) in [6.45, 7) is 0. The molecule has 6 heteroatoms. The molecule has 0 saturated carbocycles. The third-order valence-corrected chi connectivity index (χ3v) is 2.04. The number of halogens is 3. The molecule has 0 unspecified atom stereocenters. The Morgan fingerprint density at radius 3 is 2.36 bits per heavy atom. The Hall–Kier alpha value is -1.30. The topological polar surface area (TPSA) is 38.9 Å². The van der Waals surface area contributed by atoms with Gasteiger partial charge in [0.1, 0.15) is 17.2 Å². The zero-order valence-corrected chi connectivity index (χ0v) is 8.25. The molecule has 72 valence electrons. The first-order valence-electron chi connectivity index (χ1n) is 3.59. The van der Waals surface area contributed by atoms with Crippen molar-refractivity contribution in [2.75, 3.05) is 0 Å². The van der Waals surface area contributed by atoms with Crippen LogP contribution in [0.25, 0.3) is 11.5 Å². The summed E-state index contributed by atoms with van der Waals surface area (Å²) in [6.07, 6.45) is 1.01. The second-order valence-electron chi connectivity index (χ2n) is 2.49. The van der Waals surface area contributed by atoms with Crippen molar-refractivity contribution in [3.8, 4) is 11.5 Å². The van der Waals surface area contributed by atoms with Crippen LogP contribution in [0.2, 0.25) is 0 Å². The maximum Gasteiger partial charge on any atom is 0.253 e. The first-order valence-corrected chi connectivity index (χ1v) is 4.39. The van der Waals surface area contributed by atoms with Crippen LogP contribution in [0.15, 0.2) is 27.4 Å². The summed E-state index contributed by atoms with van der Waals surface area (Å²) >= 11 is 2.96. The lowest BCUT2D eigenvalue weighted by molar-refractivity contribution is 0.539. The fourth-order valence-electron chi connectivity index (χ4n) is 1.03. The van der Waals surface area contributed by atoms with Gasteiger partial charge in [-0.15, -0.1) is 10.2 Å². The molecule has 2 aromatic rings. The summed E-state index contributed by atoms with van der Waals surface area (Å²) in [6, 6.07) is 2.26. The second-order valence-corrected chi connectivity index (χ2v) is 3.40. The van der Waals surface area contributed by atoms with Gasteiger partial charge in [-0.05, 0) is 12.1 Å². The average Bonchev–Trinajstić information content (AvgIpc) is 2.54. The van der Waals surface area contributed by atoms with E-state index in [9.17, 15) is 8.78 Å².